The van der Waals surface area contributed by atoms with Crippen LogP contribution in [0.3, 0.4) is 0 Å². The molecule has 12 atom stereocenters. The molecule has 2 aliphatic carbocycles. The Kier molecular flexibility index (Phi) is 28.2. The van der Waals surface area contributed by atoms with Gasteiger partial charge >= 0.3 is 49.6 Å². The van der Waals surface area contributed by atoms with Crippen LogP contribution in [0.2, 0.25) is 0 Å². The standard InChI is InChI=1S/C30H36FN6O8P.C18H21ClNO4P.C12H16FN5O4.C4H9.ClH.Mg/c1-17(27(38)43-19-11-5-6-12-19)36-46(40,45-21-14-8-10-18-9-4-7-13-20(18)21)42-15-22-24(31)30(2,39)28(44-22)37-16-33-23-25(37)34-29(32)35-26(23)41-3;1-13(18(21)23-15-9-3-4-10-15)20-25(19,22)24-17-12-6-8-14-7-2-5-11-16(14)17;1-12(20)7(13)5(3-19)22-10(12)18-4-15-6-8(18)16-11(14)17-9(6)21-2;1-3-4-2;;/h4,7-10,13-14,16-17,19,22,24,28,39H,5-6,11-12,15H2,1-3H3,(H,36,40)(H2,32,34,35);2,5-8,11-13,15H,3-4,9-10H2,1H3,(H,20,22);4-5,7,10,19-20H,3H2,1-2H3,(H2,14,16,17);1,3-4H2,2H3;1H;/q;;;-1;;+2/p-1/t17-,22+,24+,28?,30+,46?;13-,25?;5-,7-,10?,12-;;;/m001.../s1. The number of unbranched alkanes of at least 4 members (excludes halogenated alkanes) is 1. The maximum atomic E-state index is 15.9. The number of fused-ring (bicyclic) bond motifs is 4. The van der Waals surface area contributed by atoms with Crippen molar-refractivity contribution in [3.05, 3.63) is 105 Å². The van der Waals surface area contributed by atoms with E-state index in [1.165, 1.54) is 63.2 Å². The van der Waals surface area contributed by atoms with Crippen LogP contribution in [0.15, 0.2) is 97.6 Å². The molecule has 0 radical (unpaired) electrons. The molecule has 6 heterocycles. The summed E-state index contributed by atoms with van der Waals surface area (Å²) in [7, 11) is -1.62. The number of nitrogens with one attached hydrogen (secondary N) is 2. The van der Waals surface area contributed by atoms with Crippen LogP contribution in [0.5, 0.6) is 23.3 Å². The number of hydrogen-bond donors (Lipinski definition) is 7. The van der Waals surface area contributed by atoms with Gasteiger partial charge in [-0.15, -0.1) is 0 Å². The molecule has 4 unspecified atom stereocenters. The summed E-state index contributed by atoms with van der Waals surface area (Å²) in [6, 6.07) is 23.5. The van der Waals surface area contributed by atoms with Crippen molar-refractivity contribution in [2.24, 2.45) is 0 Å². The van der Waals surface area contributed by atoms with Crippen LogP contribution in [0.25, 0.3) is 43.9 Å². The van der Waals surface area contributed by atoms with Gasteiger partial charge in [0.05, 0.1) is 40.1 Å². The minimum Gasteiger partial charge on any atom is -1.00 e. The number of aromatic nitrogens is 8. The molecule has 4 fully saturated rings. The van der Waals surface area contributed by atoms with E-state index in [0.717, 1.165) is 73.9 Å². The third-order valence-electron chi connectivity index (χ3n) is 16.5. The molecular weight excluding hydrogens is 1390 g/mol. The minimum absolute atomic E-state index is 0. The number of carbonyl (C=O) groups is 2. The topological polar surface area (TPSA) is 375 Å². The number of anilines is 2. The predicted molar refractivity (Wildman–Crippen MR) is 363 cm³/mol. The molecule has 99 heavy (non-hydrogen) atoms. The molecule has 2 aliphatic heterocycles. The van der Waals surface area contributed by atoms with Crippen molar-refractivity contribution in [1.29, 1.82) is 0 Å². The molecule has 35 heteroatoms. The second kappa shape index (κ2) is 35.0. The summed E-state index contributed by atoms with van der Waals surface area (Å²) in [6.07, 6.45) is 3.16. The number of nitrogens with two attached hydrogens (primary N) is 2. The summed E-state index contributed by atoms with van der Waals surface area (Å²) in [5.41, 5.74) is 8.37. The van der Waals surface area contributed by atoms with E-state index < -0.39 is 100 Å². The Labute approximate surface area is 597 Å². The molecule has 4 aliphatic rings. The number of alkyl halides is 2. The summed E-state index contributed by atoms with van der Waals surface area (Å²) >= 11 is 6.04. The molecule has 8 aromatic rings. The number of benzene rings is 4. The number of nitrogens with zero attached hydrogens (tertiary/aromatic N) is 8. The number of hydrogen-bond acceptors (Lipinski definition) is 24. The molecule has 9 N–H and O–H groups in total. The zero-order valence-corrected chi connectivity index (χ0v) is 60.4. The van der Waals surface area contributed by atoms with Gasteiger partial charge in [-0.25, -0.2) is 33.0 Å². The van der Waals surface area contributed by atoms with Crippen LogP contribution in [0.4, 0.5) is 20.7 Å². The van der Waals surface area contributed by atoms with Gasteiger partial charge in [-0.1, -0.05) is 86.1 Å². The smallest absolute Gasteiger partial charge is 1.00 e. The number of halogens is 4. The van der Waals surface area contributed by atoms with Crippen LogP contribution in [0.1, 0.15) is 111 Å². The van der Waals surface area contributed by atoms with Gasteiger partial charge in [0.2, 0.25) is 23.7 Å². The Hall–Kier alpha value is -6.41. The van der Waals surface area contributed by atoms with Gasteiger partial charge < -0.3 is 83.6 Å². The molecular formula is C64H82Cl2F2MgN12O16P2. The Morgan fingerprint density at radius 3 is 1.53 bits per heavy atom. The van der Waals surface area contributed by atoms with E-state index in [4.69, 9.17) is 69.8 Å². The Balaban J connectivity index is 0.000000219. The summed E-state index contributed by atoms with van der Waals surface area (Å²) in [5.74, 6) is -0.393. The third-order valence-corrected chi connectivity index (χ3v) is 19.8. The van der Waals surface area contributed by atoms with Crippen molar-refractivity contribution < 1.29 is 97.2 Å². The van der Waals surface area contributed by atoms with Gasteiger partial charge in [-0.05, 0) is 102 Å². The molecule has 0 bridgehead atoms. The van der Waals surface area contributed by atoms with Gasteiger partial charge in [0.25, 0.3) is 0 Å². The zero-order chi connectivity index (χ0) is 70.0. The monoisotopic (exact) mass is 1470 g/mol. The van der Waals surface area contributed by atoms with Crippen molar-refractivity contribution in [3.63, 3.8) is 0 Å². The summed E-state index contributed by atoms with van der Waals surface area (Å²) < 4.78 is 110. The van der Waals surface area contributed by atoms with Gasteiger partial charge in [-0.2, -0.15) is 31.4 Å². The molecule has 28 nitrogen and oxygen atoms in total. The number of nitrogen functional groups attached to an aromatic ring is 2. The fourth-order valence-corrected chi connectivity index (χ4v) is 14.6. The number of aliphatic hydroxyl groups is 3. The van der Waals surface area contributed by atoms with E-state index >= 15 is 4.39 Å². The van der Waals surface area contributed by atoms with E-state index in [1.54, 1.807) is 43.3 Å². The second-order valence-corrected chi connectivity index (χ2v) is 28.4. The molecule has 12 rings (SSSR count). The molecule has 2 saturated carbocycles. The summed E-state index contributed by atoms with van der Waals surface area (Å²) in [6.45, 7) is 6.38. The number of rotatable bonds is 21. The zero-order valence-electron chi connectivity index (χ0n) is 55.7. The van der Waals surface area contributed by atoms with Crippen LogP contribution in [-0.4, -0.2) is 177 Å². The summed E-state index contributed by atoms with van der Waals surface area (Å²) in [5, 5.41) is 39.2. The predicted octanol–water partition coefficient (Wildman–Crippen LogP) is 6.89. The number of methoxy groups -OCH3 is 2. The summed E-state index contributed by atoms with van der Waals surface area (Å²) in [4.78, 5) is 49.5. The van der Waals surface area contributed by atoms with Crippen LogP contribution >= 0.6 is 25.9 Å². The average molecular weight is 1470 g/mol. The van der Waals surface area contributed by atoms with Crippen molar-refractivity contribution in [1.82, 2.24) is 49.2 Å². The number of carbonyl (C=O) groups excluding carboxylic acids is 2. The average Bonchev–Trinajstić information content (AvgIpc) is 1.61. The number of ether oxygens (including phenoxy) is 6. The van der Waals surface area contributed by atoms with Gasteiger partial charge in [0.15, 0.2) is 47.1 Å². The number of imidazole rings is 2. The maximum Gasteiger partial charge on any atom is 2.00 e. The first-order valence-electron chi connectivity index (χ1n) is 31.6. The van der Waals surface area contributed by atoms with Crippen LogP contribution in [0, 0.1) is 6.92 Å². The normalized spacial score (nSPS) is 23.9. The first-order valence-corrected chi connectivity index (χ1v) is 35.7. The van der Waals surface area contributed by atoms with Crippen molar-refractivity contribution >= 4 is 117 Å². The maximum absolute atomic E-state index is 15.9. The van der Waals surface area contributed by atoms with Crippen molar-refractivity contribution in [3.8, 4) is 23.3 Å². The van der Waals surface area contributed by atoms with Crippen molar-refractivity contribution in [2.75, 3.05) is 38.9 Å². The first kappa shape index (κ1) is 79.9. The van der Waals surface area contributed by atoms with Crippen LogP contribution < -0.4 is 52.6 Å². The van der Waals surface area contributed by atoms with E-state index in [9.17, 15) is 33.3 Å². The molecule has 534 valence electrons. The molecule has 2 saturated heterocycles. The largest absolute Gasteiger partial charge is 2.00 e. The molecule has 0 spiro atoms. The van der Waals surface area contributed by atoms with E-state index in [2.05, 4.69) is 53.9 Å². The molecule has 4 aromatic carbocycles. The fraction of sp³-hybridized carbons (Fsp3) is 0.484. The van der Waals surface area contributed by atoms with Gasteiger partial charge in [0.1, 0.15) is 59.2 Å². The molecule has 0 amide bonds. The minimum atomic E-state index is -4.41. The third kappa shape index (κ3) is 19.0. The van der Waals surface area contributed by atoms with E-state index in [-0.39, 0.29) is 93.9 Å². The Morgan fingerprint density at radius 1 is 0.697 bits per heavy atom. The van der Waals surface area contributed by atoms with E-state index in [1.807, 2.05) is 48.5 Å². The first-order chi connectivity index (χ1) is 46.2. The second-order valence-electron chi connectivity index (χ2n) is 24.0. The van der Waals surface area contributed by atoms with Gasteiger partial charge in [0, 0.05) is 22.0 Å². The Bertz CT molecular complexity index is 4110. The van der Waals surface area contributed by atoms with Crippen LogP contribution in [-0.2, 0) is 42.2 Å². The van der Waals surface area contributed by atoms with E-state index in [0.29, 0.717) is 16.7 Å². The number of esters is 2. The van der Waals surface area contributed by atoms with Crippen molar-refractivity contribution in [2.45, 2.75) is 171 Å². The number of aliphatic hydroxyl groups excluding tert-OH is 1. The SMILES string of the molecule is COc1nc(N)nc2c1ncn2C1O[C@H](CO)[C@@H](F)[C@@]1(C)O.COc1nc(N)nc2c1ncn2C1O[C@H](COP(=O)(N[C@@H](C)C(=O)OC2CCCC2)Oc2cccc3ccccc23)[C@@H](F)[C@@]1(C)O.C[C@H](NP(=O)(Cl)Oc1cccc2ccccc12)C(=O)OC1CCCC1.[CH2-]CCC.[Cl-].[Mg+2]. The molecule has 4 aromatic heterocycles. The fourth-order valence-electron chi connectivity index (χ4n) is 11.4. The quantitative estimate of drug-likeness (QED) is 0.0166. The Morgan fingerprint density at radius 2 is 1.10 bits per heavy atom. The van der Waals surface area contributed by atoms with Gasteiger partial charge in [-0.3, -0.25) is 23.2 Å².